The largest absolute Gasteiger partial charge is 0.507 e. The van der Waals surface area contributed by atoms with Crippen LogP contribution in [-0.4, -0.2) is 28.8 Å². The van der Waals surface area contributed by atoms with Crippen molar-refractivity contribution in [3.63, 3.8) is 0 Å². The number of carbonyl (C=O) groups excluding carboxylic acids is 2. The first-order valence-corrected chi connectivity index (χ1v) is 10.1. The molecule has 1 N–H and O–H groups in total. The van der Waals surface area contributed by atoms with E-state index in [9.17, 15) is 19.1 Å². The Morgan fingerprint density at radius 2 is 1.66 bits per heavy atom. The lowest BCUT2D eigenvalue weighted by Crippen LogP contribution is -2.29. The zero-order chi connectivity index (χ0) is 22.8. The minimum atomic E-state index is -0.800. The second-order valence-corrected chi connectivity index (χ2v) is 7.60. The van der Waals surface area contributed by atoms with E-state index in [1.54, 1.807) is 13.2 Å². The van der Waals surface area contributed by atoms with Crippen molar-refractivity contribution in [1.82, 2.24) is 4.90 Å². The second-order valence-electron chi connectivity index (χ2n) is 7.60. The highest BCUT2D eigenvalue weighted by Crippen LogP contribution is 2.41. The van der Waals surface area contributed by atoms with E-state index >= 15 is 0 Å². The summed E-state index contributed by atoms with van der Waals surface area (Å²) in [7, 11) is 1.54. The van der Waals surface area contributed by atoms with E-state index in [1.807, 2.05) is 49.4 Å². The quantitative estimate of drug-likeness (QED) is 0.359. The lowest BCUT2D eigenvalue weighted by molar-refractivity contribution is -0.140. The fourth-order valence-corrected chi connectivity index (χ4v) is 4.04. The third kappa shape index (κ3) is 3.75. The number of Topliss-reactive ketones (excluding diaryl/α,β-unsaturated/α-hetero) is 1. The molecule has 32 heavy (non-hydrogen) atoms. The fourth-order valence-electron chi connectivity index (χ4n) is 4.04. The van der Waals surface area contributed by atoms with Crippen molar-refractivity contribution in [1.29, 1.82) is 0 Å². The third-order valence-electron chi connectivity index (χ3n) is 5.67. The molecular formula is C26H22FNO4. The predicted molar refractivity (Wildman–Crippen MR) is 118 cm³/mol. The first kappa shape index (κ1) is 21.3. The van der Waals surface area contributed by atoms with Crippen molar-refractivity contribution in [3.05, 3.63) is 106 Å². The van der Waals surface area contributed by atoms with Gasteiger partial charge in [0.25, 0.3) is 11.7 Å². The molecule has 3 aromatic rings. The minimum Gasteiger partial charge on any atom is -0.507 e. The topological polar surface area (TPSA) is 66.8 Å². The number of halogens is 1. The number of hydrogen-bond acceptors (Lipinski definition) is 4. The molecule has 0 aromatic heterocycles. The summed E-state index contributed by atoms with van der Waals surface area (Å²) in [6.07, 6.45) is 0. The Morgan fingerprint density at radius 1 is 1.00 bits per heavy atom. The lowest BCUT2D eigenvalue weighted by atomic mass is 9.92. The maximum atomic E-state index is 13.4. The van der Waals surface area contributed by atoms with Crippen LogP contribution in [0.25, 0.3) is 5.76 Å². The van der Waals surface area contributed by atoms with Crippen LogP contribution in [0.5, 0.6) is 5.75 Å². The van der Waals surface area contributed by atoms with Crippen LogP contribution >= 0.6 is 0 Å². The molecule has 1 amide bonds. The predicted octanol–water partition coefficient (Wildman–Crippen LogP) is 4.76. The number of para-hydroxylation sites is 1. The number of nitrogens with zero attached hydrogens (tertiary/aromatic N) is 1. The summed E-state index contributed by atoms with van der Waals surface area (Å²) in [6.45, 7) is 2.00. The van der Waals surface area contributed by atoms with Crippen molar-refractivity contribution >= 4 is 17.4 Å². The molecule has 162 valence electrons. The van der Waals surface area contributed by atoms with Gasteiger partial charge in [0, 0.05) is 11.1 Å². The van der Waals surface area contributed by atoms with Gasteiger partial charge in [-0.2, -0.15) is 0 Å². The molecule has 1 unspecified atom stereocenters. The van der Waals surface area contributed by atoms with E-state index in [2.05, 4.69) is 0 Å². The highest BCUT2D eigenvalue weighted by Gasteiger charge is 2.46. The van der Waals surface area contributed by atoms with Crippen LogP contribution in [0.15, 0.2) is 78.4 Å². The van der Waals surface area contributed by atoms with E-state index in [1.165, 1.54) is 29.2 Å². The van der Waals surface area contributed by atoms with Crippen molar-refractivity contribution in [2.45, 2.75) is 19.5 Å². The Labute approximate surface area is 185 Å². The van der Waals surface area contributed by atoms with Crippen LogP contribution in [0, 0.1) is 12.7 Å². The van der Waals surface area contributed by atoms with Crippen LogP contribution < -0.4 is 4.74 Å². The second kappa shape index (κ2) is 8.67. The van der Waals surface area contributed by atoms with Crippen LogP contribution in [0.3, 0.4) is 0 Å². The number of ether oxygens (including phenoxy) is 1. The van der Waals surface area contributed by atoms with Gasteiger partial charge < -0.3 is 14.7 Å². The summed E-state index contributed by atoms with van der Waals surface area (Å²) < 4.78 is 18.8. The minimum absolute atomic E-state index is 0.0224. The van der Waals surface area contributed by atoms with Gasteiger partial charge in [-0.25, -0.2) is 4.39 Å². The highest BCUT2D eigenvalue weighted by atomic mass is 19.1. The Bertz CT molecular complexity index is 1220. The van der Waals surface area contributed by atoms with Gasteiger partial charge >= 0.3 is 0 Å². The zero-order valence-corrected chi connectivity index (χ0v) is 17.7. The molecule has 5 nitrogen and oxygen atoms in total. The summed E-state index contributed by atoms with van der Waals surface area (Å²) in [4.78, 5) is 27.7. The maximum absolute atomic E-state index is 13.4. The van der Waals surface area contributed by atoms with E-state index in [0.29, 0.717) is 5.75 Å². The van der Waals surface area contributed by atoms with E-state index < -0.39 is 23.5 Å². The smallest absolute Gasteiger partial charge is 0.295 e. The van der Waals surface area contributed by atoms with Crippen molar-refractivity contribution in [2.24, 2.45) is 0 Å². The summed E-state index contributed by atoms with van der Waals surface area (Å²) in [5.74, 6) is -1.70. The molecule has 3 aromatic carbocycles. The maximum Gasteiger partial charge on any atom is 0.295 e. The van der Waals surface area contributed by atoms with Crippen LogP contribution in [-0.2, 0) is 16.1 Å². The summed E-state index contributed by atoms with van der Waals surface area (Å²) in [5, 5.41) is 11.0. The van der Waals surface area contributed by atoms with E-state index in [4.69, 9.17) is 4.74 Å². The Hall–Kier alpha value is -3.93. The molecule has 0 spiro atoms. The zero-order valence-electron chi connectivity index (χ0n) is 17.7. The van der Waals surface area contributed by atoms with Gasteiger partial charge in [0.1, 0.15) is 17.3 Å². The highest BCUT2D eigenvalue weighted by molar-refractivity contribution is 6.46. The normalized spacial score (nSPS) is 17.6. The lowest BCUT2D eigenvalue weighted by Gasteiger charge is -2.27. The van der Waals surface area contributed by atoms with Crippen molar-refractivity contribution in [3.8, 4) is 5.75 Å². The van der Waals surface area contributed by atoms with Gasteiger partial charge in [-0.15, -0.1) is 0 Å². The molecule has 1 aliphatic heterocycles. The molecule has 4 rings (SSSR count). The number of likely N-dealkylation sites (tertiary alicyclic amines) is 1. The average Bonchev–Trinajstić information content (AvgIpc) is 3.04. The van der Waals surface area contributed by atoms with Crippen LogP contribution in [0.2, 0.25) is 0 Å². The molecular weight excluding hydrogens is 409 g/mol. The van der Waals surface area contributed by atoms with Crippen molar-refractivity contribution < 1.29 is 23.8 Å². The van der Waals surface area contributed by atoms with Gasteiger partial charge in [-0.1, -0.05) is 42.5 Å². The summed E-state index contributed by atoms with van der Waals surface area (Å²) in [5.41, 5.74) is 2.57. The monoisotopic (exact) mass is 431 g/mol. The number of carbonyl (C=O) groups is 2. The van der Waals surface area contributed by atoms with Gasteiger partial charge in [-0.05, 0) is 48.4 Å². The van der Waals surface area contributed by atoms with E-state index in [-0.39, 0.29) is 23.4 Å². The Morgan fingerprint density at radius 3 is 2.34 bits per heavy atom. The standard InChI is InChI=1S/C26H22FNO4/c1-16-7-3-5-9-20(16)23-22(24(29)17-11-13-19(27)14-12-17)25(30)26(31)28(23)15-18-8-4-6-10-21(18)32-2/h3-14,23,29H,15H2,1-2H3/b24-22+. The molecule has 1 fully saturated rings. The van der Waals surface area contributed by atoms with Gasteiger partial charge in [0.15, 0.2) is 0 Å². The van der Waals surface area contributed by atoms with E-state index in [0.717, 1.165) is 16.7 Å². The molecule has 1 atom stereocenters. The number of aliphatic hydroxyl groups is 1. The fraction of sp³-hybridized carbons (Fsp3) is 0.154. The average molecular weight is 431 g/mol. The van der Waals surface area contributed by atoms with Gasteiger partial charge in [-0.3, -0.25) is 9.59 Å². The first-order valence-electron chi connectivity index (χ1n) is 10.1. The molecule has 1 heterocycles. The number of aryl methyl sites for hydroxylation is 1. The van der Waals surface area contributed by atoms with Gasteiger partial charge in [0.2, 0.25) is 0 Å². The Balaban J connectivity index is 1.89. The third-order valence-corrected chi connectivity index (χ3v) is 5.67. The SMILES string of the molecule is COc1ccccc1CN1C(=O)C(=O)/C(=C(/O)c2ccc(F)cc2)C1c1ccccc1C. The molecule has 0 aliphatic carbocycles. The molecule has 0 bridgehead atoms. The molecule has 0 saturated carbocycles. The number of hydrogen-bond donors (Lipinski definition) is 1. The number of methoxy groups -OCH3 is 1. The summed E-state index contributed by atoms with van der Waals surface area (Å²) in [6, 6.07) is 19.0. The molecule has 1 aliphatic rings. The summed E-state index contributed by atoms with van der Waals surface area (Å²) >= 11 is 0. The number of ketones is 1. The van der Waals surface area contributed by atoms with Crippen LogP contribution in [0.1, 0.15) is 28.3 Å². The molecule has 6 heteroatoms. The first-order chi connectivity index (χ1) is 15.4. The number of amides is 1. The number of aliphatic hydroxyl groups excluding tert-OH is 1. The van der Waals surface area contributed by atoms with Crippen LogP contribution in [0.4, 0.5) is 4.39 Å². The van der Waals surface area contributed by atoms with Gasteiger partial charge in [0.05, 0.1) is 25.3 Å². The van der Waals surface area contributed by atoms with Crippen molar-refractivity contribution in [2.75, 3.05) is 7.11 Å². The molecule has 0 radical (unpaired) electrons. The Kier molecular flexibility index (Phi) is 5.77. The molecule has 1 saturated heterocycles. The number of benzene rings is 3. The number of rotatable bonds is 5.